The third-order valence-electron chi connectivity index (χ3n) is 2.78. The van der Waals surface area contributed by atoms with E-state index in [2.05, 4.69) is 20.2 Å². The third kappa shape index (κ3) is 2.20. The summed E-state index contributed by atoms with van der Waals surface area (Å²) in [6, 6.07) is 0.851. The van der Waals surface area contributed by atoms with Gasteiger partial charge in [-0.2, -0.15) is 4.98 Å². The predicted octanol–water partition coefficient (Wildman–Crippen LogP) is 0.937. The van der Waals surface area contributed by atoms with Crippen molar-refractivity contribution in [2.24, 2.45) is 0 Å². The Labute approximate surface area is 99.8 Å². The maximum Gasteiger partial charge on any atom is 0.318 e. The molecule has 0 bridgehead atoms. The summed E-state index contributed by atoms with van der Waals surface area (Å²) in [6.45, 7) is 1.86. The van der Waals surface area contributed by atoms with Crippen LogP contribution in [0.25, 0.3) is 0 Å². The normalized spacial score (nSPS) is 20.2. The van der Waals surface area contributed by atoms with Crippen molar-refractivity contribution in [3.05, 3.63) is 11.2 Å². The van der Waals surface area contributed by atoms with Crippen LogP contribution in [-0.2, 0) is 0 Å². The van der Waals surface area contributed by atoms with Gasteiger partial charge < -0.3 is 15.0 Å². The van der Waals surface area contributed by atoms with Gasteiger partial charge in [-0.25, -0.2) is 4.98 Å². The number of nitrogens with zero attached hydrogens (tertiary/aromatic N) is 3. The van der Waals surface area contributed by atoms with Gasteiger partial charge in [0.25, 0.3) is 0 Å². The molecule has 0 aromatic carbocycles. The van der Waals surface area contributed by atoms with Crippen molar-refractivity contribution in [1.29, 1.82) is 0 Å². The molecule has 1 aromatic heterocycles. The van der Waals surface area contributed by atoms with Gasteiger partial charge in [0.1, 0.15) is 5.02 Å². The first-order chi connectivity index (χ1) is 7.74. The summed E-state index contributed by atoms with van der Waals surface area (Å²) in [5, 5.41) is 3.82. The zero-order valence-electron chi connectivity index (χ0n) is 9.40. The first-order valence-electron chi connectivity index (χ1n) is 5.23. The number of ether oxygens (including phenoxy) is 1. The number of hydrogen-bond donors (Lipinski definition) is 1. The van der Waals surface area contributed by atoms with Gasteiger partial charge in [-0.3, -0.25) is 0 Å². The molecule has 16 heavy (non-hydrogen) atoms. The molecule has 0 radical (unpaired) electrons. The number of likely N-dealkylation sites (N-methyl/N-ethyl adjacent to an activating group) is 1. The molecule has 0 saturated carbocycles. The molecule has 1 N–H and O–H groups in total. The van der Waals surface area contributed by atoms with Crippen LogP contribution in [0.5, 0.6) is 6.01 Å². The fraction of sp³-hybridized carbons (Fsp3) is 0.600. The smallest absolute Gasteiger partial charge is 0.318 e. The van der Waals surface area contributed by atoms with Crippen molar-refractivity contribution in [3.63, 3.8) is 0 Å². The van der Waals surface area contributed by atoms with Crippen LogP contribution in [0, 0.1) is 0 Å². The van der Waals surface area contributed by atoms with Crippen molar-refractivity contribution < 1.29 is 4.74 Å². The number of rotatable bonds is 3. The van der Waals surface area contributed by atoms with Crippen molar-refractivity contribution >= 4 is 17.4 Å². The van der Waals surface area contributed by atoms with Gasteiger partial charge in [-0.05, 0) is 13.5 Å². The van der Waals surface area contributed by atoms with Gasteiger partial charge in [0.05, 0.1) is 13.3 Å². The summed E-state index contributed by atoms with van der Waals surface area (Å²) < 4.78 is 5.00. The minimum Gasteiger partial charge on any atom is -0.467 e. The van der Waals surface area contributed by atoms with E-state index in [0.29, 0.717) is 17.1 Å². The highest BCUT2D eigenvalue weighted by molar-refractivity contribution is 6.32. The minimum atomic E-state index is 0.354. The fourth-order valence-electron chi connectivity index (χ4n) is 1.85. The number of aromatic nitrogens is 2. The summed E-state index contributed by atoms with van der Waals surface area (Å²) >= 11 is 6.08. The monoisotopic (exact) mass is 242 g/mol. The van der Waals surface area contributed by atoms with E-state index in [4.69, 9.17) is 16.3 Å². The first-order valence-corrected chi connectivity index (χ1v) is 5.61. The lowest BCUT2D eigenvalue weighted by atomic mass is 10.3. The van der Waals surface area contributed by atoms with Crippen molar-refractivity contribution in [3.8, 4) is 6.01 Å². The summed E-state index contributed by atoms with van der Waals surface area (Å²) in [4.78, 5) is 10.4. The topological polar surface area (TPSA) is 50.3 Å². The van der Waals surface area contributed by atoms with Gasteiger partial charge in [0.15, 0.2) is 5.82 Å². The van der Waals surface area contributed by atoms with E-state index >= 15 is 0 Å². The standard InChI is InChI=1S/C10H15ClN4O/c1-12-7-3-4-15(6-7)9-8(11)5-13-10(14-9)16-2/h5,7,12H,3-4,6H2,1-2H3. The van der Waals surface area contributed by atoms with Crippen LogP contribution in [0.15, 0.2) is 6.20 Å². The maximum atomic E-state index is 6.08. The van der Waals surface area contributed by atoms with Crippen LogP contribution >= 0.6 is 11.6 Å². The molecule has 5 nitrogen and oxygen atoms in total. The lowest BCUT2D eigenvalue weighted by Crippen LogP contribution is -2.30. The Bertz CT molecular complexity index is 374. The molecule has 1 atom stereocenters. The average molecular weight is 243 g/mol. The van der Waals surface area contributed by atoms with E-state index in [1.807, 2.05) is 7.05 Å². The number of hydrogen-bond acceptors (Lipinski definition) is 5. The van der Waals surface area contributed by atoms with Gasteiger partial charge in [-0.1, -0.05) is 11.6 Å². The van der Waals surface area contributed by atoms with Crippen molar-refractivity contribution in [2.45, 2.75) is 12.5 Å². The highest BCUT2D eigenvalue weighted by atomic mass is 35.5. The van der Waals surface area contributed by atoms with Crippen molar-refractivity contribution in [1.82, 2.24) is 15.3 Å². The molecule has 1 saturated heterocycles. The van der Waals surface area contributed by atoms with E-state index in [9.17, 15) is 0 Å². The highest BCUT2D eigenvalue weighted by Gasteiger charge is 2.24. The molecule has 2 heterocycles. The molecule has 2 rings (SSSR count). The number of nitrogens with one attached hydrogen (secondary N) is 1. The summed E-state index contributed by atoms with van der Waals surface area (Å²) in [6.07, 6.45) is 2.68. The number of methoxy groups -OCH3 is 1. The van der Waals surface area contributed by atoms with Gasteiger partial charge >= 0.3 is 6.01 Å². The fourth-order valence-corrected chi connectivity index (χ4v) is 2.06. The Morgan fingerprint density at radius 3 is 3.06 bits per heavy atom. The van der Waals surface area contributed by atoms with Crippen LogP contribution in [0.4, 0.5) is 5.82 Å². The SMILES string of the molecule is CNC1CCN(c2nc(OC)ncc2Cl)C1. The Hall–Kier alpha value is -1.07. The van der Waals surface area contributed by atoms with Gasteiger partial charge in [-0.15, -0.1) is 0 Å². The molecule has 88 valence electrons. The quantitative estimate of drug-likeness (QED) is 0.855. The van der Waals surface area contributed by atoms with Crippen LogP contribution in [0.2, 0.25) is 5.02 Å². The van der Waals surface area contributed by atoms with E-state index in [1.54, 1.807) is 13.3 Å². The largest absolute Gasteiger partial charge is 0.467 e. The van der Waals surface area contributed by atoms with Gasteiger partial charge in [0.2, 0.25) is 0 Å². The number of halogens is 1. The Morgan fingerprint density at radius 1 is 1.62 bits per heavy atom. The molecule has 1 aromatic rings. The molecule has 0 aliphatic carbocycles. The lowest BCUT2D eigenvalue weighted by molar-refractivity contribution is 0.380. The van der Waals surface area contributed by atoms with E-state index in [0.717, 1.165) is 25.3 Å². The minimum absolute atomic E-state index is 0.354. The second-order valence-corrected chi connectivity index (χ2v) is 4.16. The second kappa shape index (κ2) is 4.84. The number of anilines is 1. The summed E-state index contributed by atoms with van der Waals surface area (Å²) in [7, 11) is 3.52. The molecule has 1 aliphatic rings. The molecule has 1 unspecified atom stereocenters. The van der Waals surface area contributed by atoms with E-state index in [-0.39, 0.29) is 0 Å². The first kappa shape index (κ1) is 11.4. The Morgan fingerprint density at radius 2 is 2.44 bits per heavy atom. The third-order valence-corrected chi connectivity index (χ3v) is 3.05. The molecule has 1 aliphatic heterocycles. The van der Waals surface area contributed by atoms with Gasteiger partial charge in [0, 0.05) is 19.1 Å². The average Bonchev–Trinajstić information content (AvgIpc) is 2.78. The lowest BCUT2D eigenvalue weighted by Gasteiger charge is -2.18. The van der Waals surface area contributed by atoms with Crippen LogP contribution in [0.3, 0.4) is 0 Å². The summed E-state index contributed by atoms with van der Waals surface area (Å²) in [5.41, 5.74) is 0. The zero-order valence-corrected chi connectivity index (χ0v) is 10.2. The molecular formula is C10H15ClN4O. The maximum absolute atomic E-state index is 6.08. The van der Waals surface area contributed by atoms with Crippen LogP contribution in [-0.4, -0.2) is 43.3 Å². The van der Waals surface area contributed by atoms with Crippen molar-refractivity contribution in [2.75, 3.05) is 32.1 Å². The Balaban J connectivity index is 2.20. The molecule has 0 amide bonds. The molecular weight excluding hydrogens is 228 g/mol. The predicted molar refractivity (Wildman–Crippen MR) is 63.3 cm³/mol. The highest BCUT2D eigenvalue weighted by Crippen LogP contribution is 2.27. The molecule has 0 spiro atoms. The Kier molecular flexibility index (Phi) is 3.46. The van der Waals surface area contributed by atoms with E-state index < -0.39 is 0 Å². The molecule has 1 fully saturated rings. The van der Waals surface area contributed by atoms with Crippen LogP contribution < -0.4 is 15.0 Å². The second-order valence-electron chi connectivity index (χ2n) is 3.75. The molecule has 6 heteroatoms. The van der Waals surface area contributed by atoms with Crippen LogP contribution in [0.1, 0.15) is 6.42 Å². The van der Waals surface area contributed by atoms with E-state index in [1.165, 1.54) is 0 Å². The zero-order chi connectivity index (χ0) is 11.5. The summed E-state index contributed by atoms with van der Waals surface area (Å²) in [5.74, 6) is 0.756.